The molecule has 0 unspecified atom stereocenters. The summed E-state index contributed by atoms with van der Waals surface area (Å²) in [5.74, 6) is -8.16. The maximum absolute atomic E-state index is 15.1. The summed E-state index contributed by atoms with van der Waals surface area (Å²) in [7, 11) is 2.23. The smallest absolute Gasteiger partial charge is 0.341 e. The molecule has 3 fully saturated rings. The standard InChI is InChI=1S/C53H86FN5O18S/c1-16-37-53(11,67)43(63)29(5)39(60)27(3)24-51(9,70-14)44(76-50-41(62)36(58(12)13)22-28(4)72-50)30(6)42(31(7)49(66)74-37)75-38-25-52(10,71-15)45(32(8)73-38)77-78(68,69)21-20-55-18-19-56-46-35(54)23-33-40(61)34(48(64)65)26-59(17-2)47(33)57-46/h23,26-32,36-38,41-45,50,55,62-63,67H,16-22,24-25H2,1-15H3,(H,56,57)(H,64,65)/t27-,28-,29+,30+,31-,32+,36+,37-,38+,41-,42+,43-,44-,45+,50+,51-,52-,53-/m1/s1. The Hall–Kier alpha value is -3.83. The van der Waals surface area contributed by atoms with Gasteiger partial charge in [-0.1, -0.05) is 27.7 Å². The number of esters is 1. The van der Waals surface area contributed by atoms with Crippen LogP contribution in [0.25, 0.3) is 11.0 Å². The summed E-state index contributed by atoms with van der Waals surface area (Å²) >= 11 is 0. The number of cyclic esters (lactones) is 1. The highest BCUT2D eigenvalue weighted by Gasteiger charge is 2.55. The van der Waals surface area contributed by atoms with Gasteiger partial charge in [0.15, 0.2) is 24.2 Å². The summed E-state index contributed by atoms with van der Waals surface area (Å²) in [5.41, 5.74) is -6.13. The number of aromatic nitrogens is 2. The molecule has 0 bridgehead atoms. The van der Waals surface area contributed by atoms with Gasteiger partial charge in [-0.05, 0) is 87.9 Å². The second-order valence-corrected chi connectivity index (χ2v) is 24.0. The van der Waals surface area contributed by atoms with E-state index in [2.05, 4.69) is 15.6 Å². The maximum atomic E-state index is 15.1. The summed E-state index contributed by atoms with van der Waals surface area (Å²) < 4.78 is 94.4. The molecule has 5 rings (SSSR count). The summed E-state index contributed by atoms with van der Waals surface area (Å²) in [4.78, 5) is 59.2. The number of nitrogens with one attached hydrogen (secondary N) is 2. The molecule has 23 nitrogen and oxygen atoms in total. The van der Waals surface area contributed by atoms with Gasteiger partial charge in [0.25, 0.3) is 10.1 Å². The number of aliphatic hydroxyl groups excluding tert-OH is 2. The van der Waals surface area contributed by atoms with Gasteiger partial charge in [0.2, 0.25) is 5.43 Å². The van der Waals surface area contributed by atoms with Crippen LogP contribution in [-0.4, -0.2) is 199 Å². The van der Waals surface area contributed by atoms with Gasteiger partial charge in [-0.25, -0.2) is 14.2 Å². The Morgan fingerprint density at radius 3 is 2.17 bits per heavy atom. The van der Waals surface area contributed by atoms with E-state index in [-0.39, 0.29) is 80.2 Å². The average Bonchev–Trinajstić information content (AvgIpc) is 3.38. The number of aromatic carboxylic acids is 1. The predicted octanol–water partition coefficient (Wildman–Crippen LogP) is 3.06. The number of fused-ring (bicyclic) bond motifs is 1. The molecule has 0 aliphatic carbocycles. The fourth-order valence-corrected chi connectivity index (χ4v) is 12.5. The van der Waals surface area contributed by atoms with Crippen molar-refractivity contribution in [2.75, 3.05) is 59.0 Å². The molecule has 0 spiro atoms. The number of rotatable bonds is 19. The van der Waals surface area contributed by atoms with Crippen LogP contribution in [0, 0.1) is 29.5 Å². The molecule has 3 aliphatic heterocycles. The Morgan fingerprint density at radius 2 is 1.58 bits per heavy atom. The van der Waals surface area contributed by atoms with Gasteiger partial charge in [0.1, 0.15) is 40.9 Å². The highest BCUT2D eigenvalue weighted by atomic mass is 32.2. The van der Waals surface area contributed by atoms with E-state index in [0.717, 1.165) is 12.3 Å². The summed E-state index contributed by atoms with van der Waals surface area (Å²) in [6.07, 6.45) is -9.75. The zero-order valence-electron chi connectivity index (χ0n) is 47.8. The molecule has 0 amide bonds. The molecule has 0 radical (unpaired) electrons. The van der Waals surface area contributed by atoms with E-state index in [1.54, 1.807) is 55.4 Å². The lowest BCUT2D eigenvalue weighted by atomic mass is 9.74. The van der Waals surface area contributed by atoms with Gasteiger partial charge in [0.05, 0.1) is 58.8 Å². The molecule has 0 aromatic carbocycles. The first-order valence-electron chi connectivity index (χ1n) is 26.8. The number of nitrogens with zero attached hydrogens (tertiary/aromatic N) is 3. The topological polar surface area (TPSA) is 302 Å². The Labute approximate surface area is 457 Å². The Balaban J connectivity index is 1.38. The summed E-state index contributed by atoms with van der Waals surface area (Å²) in [5, 5.41) is 50.3. The zero-order chi connectivity index (χ0) is 58.6. The number of Topliss-reactive ketones (excluding diaryl/α,β-unsaturated/α-hetero) is 1. The number of hydrogen-bond donors (Lipinski definition) is 6. The van der Waals surface area contributed by atoms with E-state index in [4.69, 9.17) is 37.3 Å². The first-order chi connectivity index (χ1) is 36.3. The van der Waals surface area contributed by atoms with E-state index in [1.807, 2.05) is 25.9 Å². The summed E-state index contributed by atoms with van der Waals surface area (Å²) in [6.45, 7) is 18.5. The first kappa shape index (κ1) is 65.0. The van der Waals surface area contributed by atoms with Crippen LogP contribution in [0.1, 0.15) is 112 Å². The number of likely N-dealkylation sites (N-methyl/N-ethyl adjacent to an activating group) is 1. The number of carboxylic acids is 1. The molecule has 2 aromatic heterocycles. The second kappa shape index (κ2) is 26.4. The van der Waals surface area contributed by atoms with Crippen molar-refractivity contribution < 1.29 is 85.0 Å². The number of pyridine rings is 2. The second-order valence-electron chi connectivity index (χ2n) is 22.3. The molecule has 6 N–H and O–H groups in total. The number of carboxylic acid groups (broad SMARTS) is 1. The fourth-order valence-electron chi connectivity index (χ4n) is 11.4. The van der Waals surface area contributed by atoms with Crippen molar-refractivity contribution in [1.29, 1.82) is 0 Å². The lowest BCUT2D eigenvalue weighted by Gasteiger charge is -2.50. The van der Waals surface area contributed by atoms with Crippen LogP contribution >= 0.6 is 0 Å². The Bertz CT molecular complexity index is 2570. The zero-order valence-corrected chi connectivity index (χ0v) is 48.6. The number of ether oxygens (including phenoxy) is 7. The number of carbonyl (C=O) groups is 3. The number of ketones is 1. The van der Waals surface area contributed by atoms with Gasteiger partial charge < -0.3 is 73.7 Å². The monoisotopic (exact) mass is 1130 g/mol. The van der Waals surface area contributed by atoms with E-state index in [9.17, 15) is 48.0 Å². The molecule has 25 heteroatoms. The molecule has 0 saturated carbocycles. The quantitative estimate of drug-likeness (QED) is 0.0669. The van der Waals surface area contributed by atoms with E-state index < -0.39 is 140 Å². The minimum absolute atomic E-state index is 0.0136. The third kappa shape index (κ3) is 14.4. The number of methoxy groups -OCH3 is 2. The van der Waals surface area contributed by atoms with Gasteiger partial charge in [-0.3, -0.25) is 18.6 Å². The third-order valence-corrected chi connectivity index (χ3v) is 17.4. The van der Waals surface area contributed by atoms with Gasteiger partial charge >= 0.3 is 11.9 Å². The minimum atomic E-state index is -4.29. The highest BCUT2D eigenvalue weighted by Crippen LogP contribution is 2.42. The largest absolute Gasteiger partial charge is 0.477 e. The van der Waals surface area contributed by atoms with Crippen LogP contribution in [0.4, 0.5) is 10.2 Å². The maximum Gasteiger partial charge on any atom is 0.341 e. The Kier molecular flexibility index (Phi) is 22.0. The van der Waals surface area contributed by atoms with E-state index in [0.29, 0.717) is 6.42 Å². The molecule has 3 aliphatic rings. The van der Waals surface area contributed by atoms with Crippen molar-refractivity contribution >= 4 is 44.7 Å². The van der Waals surface area contributed by atoms with Crippen molar-refractivity contribution in [3.05, 3.63) is 33.9 Å². The van der Waals surface area contributed by atoms with Crippen molar-refractivity contribution in [1.82, 2.24) is 19.8 Å². The molecular formula is C53H86FN5O18S. The molecule has 5 heterocycles. The lowest BCUT2D eigenvalue weighted by Crippen LogP contribution is -2.62. The lowest BCUT2D eigenvalue weighted by molar-refractivity contribution is -0.317. The highest BCUT2D eigenvalue weighted by molar-refractivity contribution is 7.86. The first-order valence-corrected chi connectivity index (χ1v) is 28.4. The van der Waals surface area contributed by atoms with Crippen LogP contribution in [0.15, 0.2) is 17.1 Å². The fraction of sp³-hybridized carbons (Fsp3) is 0.792. The van der Waals surface area contributed by atoms with Crippen LogP contribution in [0.5, 0.6) is 0 Å². The number of aryl methyl sites for hydroxylation is 1. The van der Waals surface area contributed by atoms with E-state index >= 15 is 4.39 Å². The molecule has 2 aromatic rings. The van der Waals surface area contributed by atoms with Crippen LogP contribution < -0.4 is 16.1 Å². The number of halogens is 1. The van der Waals surface area contributed by atoms with Crippen LogP contribution in [-0.2, 0) is 63.6 Å². The number of hydrogen-bond acceptors (Lipinski definition) is 21. The third-order valence-electron chi connectivity index (χ3n) is 16.2. The summed E-state index contributed by atoms with van der Waals surface area (Å²) in [6, 6.07) is 0.557. The molecular weight excluding hydrogens is 1050 g/mol. The van der Waals surface area contributed by atoms with Crippen molar-refractivity contribution in [2.45, 2.75) is 193 Å². The van der Waals surface area contributed by atoms with Crippen LogP contribution in [0.2, 0.25) is 0 Å². The number of carbonyl (C=O) groups excluding carboxylic acids is 2. The normalized spacial score (nSPS) is 36.8. The van der Waals surface area contributed by atoms with Crippen molar-refractivity contribution in [2.24, 2.45) is 23.7 Å². The van der Waals surface area contributed by atoms with Crippen LogP contribution in [0.3, 0.4) is 0 Å². The predicted molar refractivity (Wildman–Crippen MR) is 284 cm³/mol. The number of aliphatic hydroxyl groups is 3. The average molecular weight is 1130 g/mol. The molecule has 78 heavy (non-hydrogen) atoms. The van der Waals surface area contributed by atoms with Gasteiger partial charge in [0, 0.05) is 76.8 Å². The number of anilines is 1. The Morgan fingerprint density at radius 1 is 0.936 bits per heavy atom. The van der Waals surface area contributed by atoms with Crippen molar-refractivity contribution in [3.8, 4) is 0 Å². The van der Waals surface area contributed by atoms with Gasteiger partial charge in [-0.2, -0.15) is 8.42 Å². The van der Waals surface area contributed by atoms with E-state index in [1.165, 1.54) is 32.6 Å². The minimum Gasteiger partial charge on any atom is -0.477 e. The molecule has 18 atom stereocenters. The van der Waals surface area contributed by atoms with Crippen molar-refractivity contribution in [3.63, 3.8) is 0 Å². The molecule has 444 valence electrons. The van der Waals surface area contributed by atoms with Gasteiger partial charge in [-0.15, -0.1) is 0 Å². The molecule has 3 saturated heterocycles. The SMILES string of the molecule is CC[C@H]1OC(=O)[C@H](C)[C@@H](O[C@H]2C[C@@](C)(OC)[C@@H](OS(=O)(=O)CCNCCNc3nc4c(cc3F)c(=O)c(C(=O)O)cn4CC)[C@H](C)O2)[C@H](C)[C@@H](O[C@@H]2O[C@H](C)C[C@H](N(C)C)[C@H]2O)[C@](C)(OC)C[C@@H](C)C(=O)[C@H](C)[C@@H](O)[C@]1(C)O.